The van der Waals surface area contributed by atoms with Gasteiger partial charge in [-0.15, -0.1) is 0 Å². The maximum Gasteiger partial charge on any atom is 0.0793 e. The first-order chi connectivity index (χ1) is 9.20. The summed E-state index contributed by atoms with van der Waals surface area (Å²) in [5.41, 5.74) is 0.965. The summed E-state index contributed by atoms with van der Waals surface area (Å²) in [6, 6.07) is 9.79. The van der Waals surface area contributed by atoms with Crippen LogP contribution in [0, 0.1) is 11.8 Å². The summed E-state index contributed by atoms with van der Waals surface area (Å²) < 4.78 is 0. The monoisotopic (exact) mass is 262 g/mol. The summed E-state index contributed by atoms with van der Waals surface area (Å²) in [7, 11) is 0. The van der Waals surface area contributed by atoms with E-state index in [4.69, 9.17) is 0 Å². The molecule has 0 spiro atoms. The van der Waals surface area contributed by atoms with Crippen LogP contribution in [0.1, 0.15) is 57.1 Å². The Morgan fingerprint density at radius 1 is 1.21 bits per heavy atom. The second kappa shape index (κ2) is 7.06. The molecule has 106 valence electrons. The van der Waals surface area contributed by atoms with Gasteiger partial charge in [0, 0.05) is 0 Å². The van der Waals surface area contributed by atoms with Crippen LogP contribution < -0.4 is 0 Å². The fourth-order valence-corrected chi connectivity index (χ4v) is 3.37. The van der Waals surface area contributed by atoms with Gasteiger partial charge in [-0.3, -0.25) is 0 Å². The molecule has 0 bridgehead atoms. The van der Waals surface area contributed by atoms with Gasteiger partial charge in [0.2, 0.25) is 0 Å². The van der Waals surface area contributed by atoms with Crippen LogP contribution in [0.2, 0.25) is 0 Å². The van der Waals surface area contributed by atoms with Gasteiger partial charge in [0.25, 0.3) is 0 Å². The Morgan fingerprint density at radius 2 is 1.95 bits per heavy atom. The highest BCUT2D eigenvalue weighted by atomic mass is 16.3. The fraction of sp³-hybridized carbons (Fsp3) is 0.647. The minimum Gasteiger partial charge on any atom is -0.393 e. The highest BCUT2D eigenvalue weighted by molar-refractivity contribution is 5.17. The van der Waals surface area contributed by atoms with Crippen LogP contribution in [-0.4, -0.2) is 16.3 Å². The second-order valence-corrected chi connectivity index (χ2v) is 5.96. The summed E-state index contributed by atoms with van der Waals surface area (Å²) in [6.45, 7) is 2.22. The lowest BCUT2D eigenvalue weighted by Gasteiger charge is -2.34. The number of hydrogen-bond acceptors (Lipinski definition) is 2. The van der Waals surface area contributed by atoms with Crippen LogP contribution in [0.3, 0.4) is 0 Å². The lowest BCUT2D eigenvalue weighted by atomic mass is 9.75. The van der Waals surface area contributed by atoms with Crippen LogP contribution in [-0.2, 0) is 0 Å². The van der Waals surface area contributed by atoms with Crippen molar-refractivity contribution in [2.75, 3.05) is 0 Å². The SMILES string of the molecule is CCCC1CCC(O)C(CC(O)c2ccccc2)C1. The lowest BCUT2D eigenvalue weighted by molar-refractivity contribution is 0.0150. The molecule has 19 heavy (non-hydrogen) atoms. The predicted molar refractivity (Wildman–Crippen MR) is 77.8 cm³/mol. The van der Waals surface area contributed by atoms with Crippen molar-refractivity contribution in [2.45, 2.75) is 57.7 Å². The summed E-state index contributed by atoms with van der Waals surface area (Å²) in [5.74, 6) is 0.988. The van der Waals surface area contributed by atoms with Crippen molar-refractivity contribution in [1.82, 2.24) is 0 Å². The second-order valence-electron chi connectivity index (χ2n) is 5.96. The molecule has 1 aliphatic rings. The summed E-state index contributed by atoms with van der Waals surface area (Å²) in [6.07, 6.45) is 5.60. The topological polar surface area (TPSA) is 40.5 Å². The molecule has 2 nitrogen and oxygen atoms in total. The van der Waals surface area contributed by atoms with Crippen molar-refractivity contribution in [1.29, 1.82) is 0 Å². The average Bonchev–Trinajstić information content (AvgIpc) is 2.44. The van der Waals surface area contributed by atoms with Crippen LogP contribution >= 0.6 is 0 Å². The Balaban J connectivity index is 1.93. The van der Waals surface area contributed by atoms with Crippen LogP contribution in [0.15, 0.2) is 30.3 Å². The van der Waals surface area contributed by atoms with E-state index in [0.717, 1.165) is 30.7 Å². The van der Waals surface area contributed by atoms with Crippen molar-refractivity contribution in [2.24, 2.45) is 11.8 Å². The number of rotatable bonds is 5. The maximum absolute atomic E-state index is 10.3. The van der Waals surface area contributed by atoms with E-state index in [1.54, 1.807) is 0 Å². The molecule has 0 saturated heterocycles. The smallest absolute Gasteiger partial charge is 0.0793 e. The lowest BCUT2D eigenvalue weighted by Crippen LogP contribution is -2.30. The quantitative estimate of drug-likeness (QED) is 0.849. The molecule has 0 radical (unpaired) electrons. The van der Waals surface area contributed by atoms with Crippen LogP contribution in [0.4, 0.5) is 0 Å². The molecular weight excluding hydrogens is 236 g/mol. The fourth-order valence-electron chi connectivity index (χ4n) is 3.37. The van der Waals surface area contributed by atoms with Gasteiger partial charge < -0.3 is 10.2 Å². The first-order valence-electron chi connectivity index (χ1n) is 7.61. The standard InChI is InChI=1S/C17H26O2/c1-2-6-13-9-10-16(18)15(11-13)12-17(19)14-7-4-3-5-8-14/h3-5,7-8,13,15-19H,2,6,9-12H2,1H3. The third-order valence-electron chi connectivity index (χ3n) is 4.46. The minimum atomic E-state index is -0.443. The highest BCUT2D eigenvalue weighted by Gasteiger charge is 2.30. The third-order valence-corrected chi connectivity index (χ3v) is 4.46. The summed E-state index contributed by atoms with van der Waals surface area (Å²) in [4.78, 5) is 0. The van der Waals surface area contributed by atoms with Gasteiger partial charge in [-0.05, 0) is 43.1 Å². The Morgan fingerprint density at radius 3 is 2.63 bits per heavy atom. The molecule has 4 unspecified atom stereocenters. The van der Waals surface area contributed by atoms with E-state index in [-0.39, 0.29) is 12.0 Å². The van der Waals surface area contributed by atoms with Crippen molar-refractivity contribution in [3.8, 4) is 0 Å². The van der Waals surface area contributed by atoms with E-state index < -0.39 is 6.10 Å². The molecule has 1 saturated carbocycles. The van der Waals surface area contributed by atoms with Crippen LogP contribution in [0.25, 0.3) is 0 Å². The van der Waals surface area contributed by atoms with Crippen molar-refractivity contribution < 1.29 is 10.2 Å². The molecule has 1 fully saturated rings. The third kappa shape index (κ3) is 4.05. The molecule has 0 amide bonds. The van der Waals surface area contributed by atoms with Crippen molar-refractivity contribution in [3.63, 3.8) is 0 Å². The molecule has 0 aliphatic heterocycles. The Bertz CT molecular complexity index is 363. The number of aliphatic hydroxyl groups excluding tert-OH is 2. The van der Waals surface area contributed by atoms with E-state index in [0.29, 0.717) is 6.42 Å². The molecule has 2 heteroatoms. The first-order valence-corrected chi connectivity index (χ1v) is 7.61. The molecular formula is C17H26O2. The normalized spacial score (nSPS) is 29.1. The molecule has 0 heterocycles. The van der Waals surface area contributed by atoms with E-state index >= 15 is 0 Å². The van der Waals surface area contributed by atoms with E-state index in [1.165, 1.54) is 12.8 Å². The molecule has 1 aliphatic carbocycles. The largest absolute Gasteiger partial charge is 0.393 e. The average molecular weight is 262 g/mol. The van der Waals surface area contributed by atoms with Gasteiger partial charge in [-0.1, -0.05) is 50.1 Å². The predicted octanol–water partition coefficient (Wildman–Crippen LogP) is 3.69. The van der Waals surface area contributed by atoms with E-state index in [9.17, 15) is 10.2 Å². The Kier molecular flexibility index (Phi) is 5.41. The van der Waals surface area contributed by atoms with E-state index in [1.807, 2.05) is 30.3 Å². The Labute approximate surface area is 116 Å². The molecule has 2 rings (SSSR count). The van der Waals surface area contributed by atoms with Gasteiger partial charge in [0.1, 0.15) is 0 Å². The highest BCUT2D eigenvalue weighted by Crippen LogP contribution is 2.37. The molecule has 4 atom stereocenters. The van der Waals surface area contributed by atoms with Crippen molar-refractivity contribution in [3.05, 3.63) is 35.9 Å². The minimum absolute atomic E-state index is 0.230. The number of hydrogen-bond donors (Lipinski definition) is 2. The molecule has 2 N–H and O–H groups in total. The van der Waals surface area contributed by atoms with E-state index in [2.05, 4.69) is 6.92 Å². The van der Waals surface area contributed by atoms with Gasteiger partial charge in [0.05, 0.1) is 12.2 Å². The molecule has 1 aromatic rings. The number of benzene rings is 1. The van der Waals surface area contributed by atoms with Gasteiger partial charge in [-0.2, -0.15) is 0 Å². The summed E-state index contributed by atoms with van der Waals surface area (Å²) in [5, 5.41) is 20.4. The van der Waals surface area contributed by atoms with Gasteiger partial charge in [0.15, 0.2) is 0 Å². The van der Waals surface area contributed by atoms with Gasteiger partial charge >= 0.3 is 0 Å². The van der Waals surface area contributed by atoms with Gasteiger partial charge in [-0.25, -0.2) is 0 Å². The molecule has 1 aromatic carbocycles. The zero-order chi connectivity index (χ0) is 13.7. The molecule has 0 aromatic heterocycles. The zero-order valence-electron chi connectivity index (χ0n) is 11.8. The first kappa shape index (κ1) is 14.5. The zero-order valence-corrected chi connectivity index (χ0v) is 11.8. The Hall–Kier alpha value is -0.860. The maximum atomic E-state index is 10.3. The van der Waals surface area contributed by atoms with Crippen molar-refractivity contribution >= 4 is 0 Å². The summed E-state index contributed by atoms with van der Waals surface area (Å²) >= 11 is 0. The number of aliphatic hydroxyl groups is 2. The van der Waals surface area contributed by atoms with Crippen LogP contribution in [0.5, 0.6) is 0 Å².